The summed E-state index contributed by atoms with van der Waals surface area (Å²) < 4.78 is 39.6. The van der Waals surface area contributed by atoms with E-state index in [4.69, 9.17) is 14.5 Å². The molecule has 0 heterocycles. The summed E-state index contributed by atoms with van der Waals surface area (Å²) in [6.07, 6.45) is 1.04. The molecule has 0 radical (unpaired) electrons. The van der Waals surface area contributed by atoms with Gasteiger partial charge in [-0.3, -0.25) is 9.05 Å². The van der Waals surface area contributed by atoms with Gasteiger partial charge < -0.3 is 14.5 Å². The van der Waals surface area contributed by atoms with Crippen molar-refractivity contribution in [3.63, 3.8) is 0 Å². The summed E-state index contributed by atoms with van der Waals surface area (Å²) >= 11 is 0. The molecule has 0 spiro atoms. The van der Waals surface area contributed by atoms with Gasteiger partial charge in [-0.25, -0.2) is 9.13 Å². The molecule has 0 amide bonds. The van der Waals surface area contributed by atoms with Gasteiger partial charge in [0, 0.05) is 14.2 Å². The second-order valence-corrected chi connectivity index (χ2v) is 6.29. The highest BCUT2D eigenvalue weighted by Gasteiger charge is 2.34. The summed E-state index contributed by atoms with van der Waals surface area (Å²) in [6.45, 7) is 1.69. The fraction of sp³-hybridized carbons (Fsp3) is 1.00. The van der Waals surface area contributed by atoms with Crippen LogP contribution in [0, 0.1) is 0 Å². The Morgan fingerprint density at radius 1 is 1.18 bits per heavy atom. The van der Waals surface area contributed by atoms with Crippen LogP contribution in [0.25, 0.3) is 0 Å². The Kier molecular flexibility index (Phi) is 7.71. The molecule has 0 aliphatic heterocycles. The van der Waals surface area contributed by atoms with E-state index in [1.807, 2.05) is 6.92 Å². The molecule has 0 aliphatic carbocycles. The minimum Gasteiger partial charge on any atom is -0.379 e. The highest BCUT2D eigenvalue weighted by Crippen LogP contribution is 2.59. The van der Waals surface area contributed by atoms with Crippen LogP contribution < -0.4 is 0 Å². The van der Waals surface area contributed by atoms with Crippen molar-refractivity contribution < 1.29 is 37.0 Å². The second-order valence-electron chi connectivity index (χ2n) is 3.14. The average Bonchev–Trinajstić information content (AvgIpc) is 2.23. The number of phosphoric acid groups is 2. The molecule has 10 heteroatoms. The predicted molar refractivity (Wildman–Crippen MR) is 59.4 cm³/mol. The quantitative estimate of drug-likeness (QED) is 0.617. The van der Waals surface area contributed by atoms with Crippen molar-refractivity contribution >= 4 is 15.6 Å². The Morgan fingerprint density at radius 2 is 1.76 bits per heavy atom. The third-order valence-corrected chi connectivity index (χ3v) is 4.39. The van der Waals surface area contributed by atoms with Gasteiger partial charge in [0.05, 0.1) is 12.7 Å². The van der Waals surface area contributed by atoms with Gasteiger partial charge in [0.15, 0.2) is 0 Å². The Hall–Kier alpha value is 0.220. The molecule has 0 saturated carbocycles. The molecule has 2 unspecified atom stereocenters. The lowest BCUT2D eigenvalue weighted by Crippen LogP contribution is -2.17. The Balaban J connectivity index is 4.26. The number of phosphoric ester groups is 2. The average molecular weight is 292 g/mol. The molecule has 2 N–H and O–H groups in total. The zero-order chi connectivity index (χ0) is 13.5. The van der Waals surface area contributed by atoms with Crippen LogP contribution in [0.3, 0.4) is 0 Å². The molecule has 104 valence electrons. The third-order valence-electron chi connectivity index (χ3n) is 1.80. The van der Waals surface area contributed by atoms with Gasteiger partial charge in [-0.05, 0) is 6.42 Å². The summed E-state index contributed by atoms with van der Waals surface area (Å²) in [4.78, 5) is 18.0. The smallest absolute Gasteiger partial charge is 0.379 e. The summed E-state index contributed by atoms with van der Waals surface area (Å²) in [6, 6.07) is 0. The first-order valence-corrected chi connectivity index (χ1v) is 7.85. The van der Waals surface area contributed by atoms with Crippen molar-refractivity contribution in [3.05, 3.63) is 0 Å². The van der Waals surface area contributed by atoms with Gasteiger partial charge in [0.2, 0.25) is 0 Å². The van der Waals surface area contributed by atoms with Gasteiger partial charge in [0.1, 0.15) is 0 Å². The van der Waals surface area contributed by atoms with E-state index in [1.165, 1.54) is 7.11 Å². The highest BCUT2D eigenvalue weighted by atomic mass is 31.3. The Morgan fingerprint density at radius 3 is 2.18 bits per heavy atom. The number of hydrogen-bond donors (Lipinski definition) is 2. The second kappa shape index (κ2) is 7.61. The molecule has 3 atom stereocenters. The van der Waals surface area contributed by atoms with Gasteiger partial charge in [-0.15, -0.1) is 0 Å². The van der Waals surface area contributed by atoms with Crippen LogP contribution in [0.1, 0.15) is 19.8 Å². The van der Waals surface area contributed by atoms with E-state index in [-0.39, 0.29) is 12.7 Å². The fourth-order valence-electron chi connectivity index (χ4n) is 0.956. The zero-order valence-corrected chi connectivity index (χ0v) is 11.7. The van der Waals surface area contributed by atoms with Crippen molar-refractivity contribution in [3.8, 4) is 0 Å². The number of hydrogen-bond acceptors (Lipinski definition) is 6. The van der Waals surface area contributed by atoms with E-state index >= 15 is 0 Å². The molecule has 0 rings (SSSR count). The molecular formula is C7H18O8P2. The normalized spacial score (nSPS) is 20.5. The number of methoxy groups -OCH3 is 1. The number of ether oxygens (including phenoxy) is 1. The van der Waals surface area contributed by atoms with Crippen molar-refractivity contribution in [2.75, 3.05) is 20.8 Å². The van der Waals surface area contributed by atoms with Crippen molar-refractivity contribution in [1.29, 1.82) is 0 Å². The monoisotopic (exact) mass is 292 g/mol. The molecular weight excluding hydrogens is 274 g/mol. The van der Waals surface area contributed by atoms with Crippen LogP contribution in [0.2, 0.25) is 0 Å². The summed E-state index contributed by atoms with van der Waals surface area (Å²) in [5, 5.41) is 0. The van der Waals surface area contributed by atoms with E-state index in [0.717, 1.165) is 13.5 Å². The molecule has 0 aliphatic rings. The standard InChI is InChI=1S/C7H18O8P2/c1-4-5-7(12-2)6-14-17(10,11)15-16(8,9)13-3/h7H,4-6H2,1-3H3,(H,8,9)(H,10,11)/t7-/m0/s1. The molecule has 0 aromatic rings. The van der Waals surface area contributed by atoms with Gasteiger partial charge >= 0.3 is 15.6 Å². The number of rotatable bonds is 9. The van der Waals surface area contributed by atoms with Crippen LogP contribution >= 0.6 is 15.6 Å². The topological polar surface area (TPSA) is 112 Å². The van der Waals surface area contributed by atoms with E-state index in [0.29, 0.717) is 6.42 Å². The molecule has 0 aromatic carbocycles. The SMILES string of the molecule is CCC[C@@H](COP(=O)(O)OP(=O)(O)OC)OC. The first-order valence-electron chi connectivity index (χ1n) is 4.86. The highest BCUT2D eigenvalue weighted by molar-refractivity contribution is 7.61. The molecule has 17 heavy (non-hydrogen) atoms. The van der Waals surface area contributed by atoms with Gasteiger partial charge in [-0.1, -0.05) is 13.3 Å². The van der Waals surface area contributed by atoms with Gasteiger partial charge in [-0.2, -0.15) is 4.31 Å². The molecule has 0 fully saturated rings. The lowest BCUT2D eigenvalue weighted by Gasteiger charge is -2.18. The maximum atomic E-state index is 11.3. The largest absolute Gasteiger partial charge is 0.481 e. The van der Waals surface area contributed by atoms with E-state index in [9.17, 15) is 9.13 Å². The van der Waals surface area contributed by atoms with Crippen molar-refractivity contribution in [1.82, 2.24) is 0 Å². The summed E-state index contributed by atoms with van der Waals surface area (Å²) in [7, 11) is -6.90. The van der Waals surface area contributed by atoms with E-state index in [1.54, 1.807) is 0 Å². The van der Waals surface area contributed by atoms with Crippen molar-refractivity contribution in [2.24, 2.45) is 0 Å². The fourth-order valence-corrected chi connectivity index (χ4v) is 2.81. The van der Waals surface area contributed by atoms with Crippen molar-refractivity contribution in [2.45, 2.75) is 25.9 Å². The van der Waals surface area contributed by atoms with Gasteiger partial charge in [0.25, 0.3) is 0 Å². The molecule has 0 bridgehead atoms. The van der Waals surface area contributed by atoms with Crippen LogP contribution in [-0.4, -0.2) is 36.7 Å². The lowest BCUT2D eigenvalue weighted by molar-refractivity contribution is 0.0391. The first-order chi connectivity index (χ1) is 7.76. The maximum absolute atomic E-state index is 11.3. The predicted octanol–water partition coefficient (Wildman–Crippen LogP) is 1.68. The molecule has 0 saturated heterocycles. The van der Waals surface area contributed by atoms with Crippen LogP contribution in [-0.2, 0) is 27.2 Å². The Bertz CT molecular complexity index is 306. The third kappa shape index (κ3) is 8.02. The lowest BCUT2D eigenvalue weighted by atomic mass is 10.2. The molecule has 0 aromatic heterocycles. The maximum Gasteiger partial charge on any atom is 0.481 e. The summed E-state index contributed by atoms with van der Waals surface area (Å²) in [5.74, 6) is 0. The van der Waals surface area contributed by atoms with Crippen LogP contribution in [0.5, 0.6) is 0 Å². The van der Waals surface area contributed by atoms with Crippen LogP contribution in [0.4, 0.5) is 0 Å². The van der Waals surface area contributed by atoms with E-state index < -0.39 is 15.6 Å². The minimum atomic E-state index is -4.64. The summed E-state index contributed by atoms with van der Waals surface area (Å²) in [5.41, 5.74) is 0. The van der Waals surface area contributed by atoms with Crippen LogP contribution in [0.15, 0.2) is 0 Å². The Labute approximate surface area is 100 Å². The zero-order valence-electron chi connectivity index (χ0n) is 9.94. The first kappa shape index (κ1) is 17.2. The van der Waals surface area contributed by atoms with E-state index in [2.05, 4.69) is 13.4 Å². The molecule has 8 nitrogen and oxygen atoms in total. The minimum absolute atomic E-state index is 0.220.